The molecule has 0 heterocycles. The smallest absolute Gasteiger partial charge is 0.224 e. The number of benzene rings is 1. The summed E-state index contributed by atoms with van der Waals surface area (Å²) in [5.41, 5.74) is 12.3. The van der Waals surface area contributed by atoms with Crippen molar-refractivity contribution in [3.05, 3.63) is 24.3 Å². The first-order chi connectivity index (χ1) is 7.24. The van der Waals surface area contributed by atoms with Crippen molar-refractivity contribution in [3.8, 4) is 0 Å². The maximum absolute atomic E-state index is 11.4. The summed E-state index contributed by atoms with van der Waals surface area (Å²) in [5.74, 6) is -0.0126. The Morgan fingerprint density at radius 3 is 2.67 bits per heavy atom. The standard InChI is InChI=1S/C11H17N3O/c12-8-4-3-7-11(15)14-10-6-2-1-5-9(10)13/h1-2,5-6H,3-4,7-8,12-13H2,(H,14,15). The normalized spacial score (nSPS) is 9.93. The molecule has 1 aromatic rings. The zero-order valence-corrected chi connectivity index (χ0v) is 8.70. The van der Waals surface area contributed by atoms with Gasteiger partial charge in [-0.15, -0.1) is 0 Å². The number of hydrogen-bond donors (Lipinski definition) is 3. The molecular formula is C11H17N3O. The number of nitrogen functional groups attached to an aromatic ring is 1. The number of hydrogen-bond acceptors (Lipinski definition) is 3. The van der Waals surface area contributed by atoms with Gasteiger partial charge in [0, 0.05) is 6.42 Å². The van der Waals surface area contributed by atoms with E-state index in [1.165, 1.54) is 0 Å². The molecule has 0 aliphatic rings. The fourth-order valence-corrected chi connectivity index (χ4v) is 1.25. The van der Waals surface area contributed by atoms with Crippen molar-refractivity contribution in [1.29, 1.82) is 0 Å². The molecule has 0 spiro atoms. The molecule has 82 valence electrons. The molecule has 0 unspecified atom stereocenters. The van der Waals surface area contributed by atoms with Gasteiger partial charge in [-0.2, -0.15) is 0 Å². The molecule has 5 N–H and O–H groups in total. The molecule has 0 radical (unpaired) electrons. The van der Waals surface area contributed by atoms with E-state index in [4.69, 9.17) is 11.5 Å². The average Bonchev–Trinajstić information content (AvgIpc) is 2.22. The van der Waals surface area contributed by atoms with Gasteiger partial charge in [-0.1, -0.05) is 12.1 Å². The maximum Gasteiger partial charge on any atom is 0.224 e. The van der Waals surface area contributed by atoms with Crippen LogP contribution in [-0.4, -0.2) is 12.5 Å². The van der Waals surface area contributed by atoms with Crippen LogP contribution in [0.3, 0.4) is 0 Å². The lowest BCUT2D eigenvalue weighted by Crippen LogP contribution is -2.13. The lowest BCUT2D eigenvalue weighted by atomic mass is 10.2. The molecule has 4 heteroatoms. The molecule has 0 aliphatic carbocycles. The fourth-order valence-electron chi connectivity index (χ4n) is 1.25. The number of unbranched alkanes of at least 4 members (excludes halogenated alkanes) is 1. The lowest BCUT2D eigenvalue weighted by Gasteiger charge is -2.07. The van der Waals surface area contributed by atoms with E-state index < -0.39 is 0 Å². The Morgan fingerprint density at radius 1 is 1.27 bits per heavy atom. The van der Waals surface area contributed by atoms with E-state index in [0.717, 1.165) is 12.8 Å². The summed E-state index contributed by atoms with van der Waals surface area (Å²) in [7, 11) is 0. The van der Waals surface area contributed by atoms with E-state index in [9.17, 15) is 4.79 Å². The minimum absolute atomic E-state index is 0.0126. The van der Waals surface area contributed by atoms with E-state index in [2.05, 4.69) is 5.32 Å². The first-order valence-corrected chi connectivity index (χ1v) is 5.08. The van der Waals surface area contributed by atoms with Crippen molar-refractivity contribution in [2.75, 3.05) is 17.6 Å². The SMILES string of the molecule is NCCCCC(=O)Nc1ccccc1N. The molecular weight excluding hydrogens is 190 g/mol. The van der Waals surface area contributed by atoms with Gasteiger partial charge in [-0.25, -0.2) is 0 Å². The minimum atomic E-state index is -0.0126. The van der Waals surface area contributed by atoms with Gasteiger partial charge in [0.15, 0.2) is 0 Å². The van der Waals surface area contributed by atoms with Gasteiger partial charge in [0.2, 0.25) is 5.91 Å². The highest BCUT2D eigenvalue weighted by Gasteiger charge is 2.03. The maximum atomic E-state index is 11.4. The Morgan fingerprint density at radius 2 is 2.00 bits per heavy atom. The van der Waals surface area contributed by atoms with Crippen LogP contribution in [0.25, 0.3) is 0 Å². The van der Waals surface area contributed by atoms with E-state index in [1.807, 2.05) is 12.1 Å². The molecule has 0 bridgehead atoms. The van der Waals surface area contributed by atoms with Crippen LogP contribution in [0, 0.1) is 0 Å². The van der Waals surface area contributed by atoms with E-state index in [-0.39, 0.29) is 5.91 Å². The third-order valence-electron chi connectivity index (χ3n) is 2.09. The molecule has 0 fully saturated rings. The van der Waals surface area contributed by atoms with Gasteiger partial charge in [0.1, 0.15) is 0 Å². The molecule has 0 saturated carbocycles. The van der Waals surface area contributed by atoms with Crippen LogP contribution in [0.15, 0.2) is 24.3 Å². The number of amides is 1. The first kappa shape index (κ1) is 11.5. The molecule has 1 aromatic carbocycles. The van der Waals surface area contributed by atoms with E-state index in [0.29, 0.717) is 24.3 Å². The molecule has 0 atom stereocenters. The number of anilines is 2. The first-order valence-electron chi connectivity index (χ1n) is 5.08. The molecule has 1 rings (SSSR count). The van der Waals surface area contributed by atoms with Gasteiger partial charge < -0.3 is 16.8 Å². The van der Waals surface area contributed by atoms with Crippen LogP contribution >= 0.6 is 0 Å². The van der Waals surface area contributed by atoms with Crippen molar-refractivity contribution in [1.82, 2.24) is 0 Å². The highest BCUT2D eigenvalue weighted by atomic mass is 16.1. The van der Waals surface area contributed by atoms with Gasteiger partial charge in [0.25, 0.3) is 0 Å². The average molecular weight is 207 g/mol. The second kappa shape index (κ2) is 6.03. The topological polar surface area (TPSA) is 81.1 Å². The molecule has 15 heavy (non-hydrogen) atoms. The predicted molar refractivity (Wildman–Crippen MR) is 62.4 cm³/mol. The number of rotatable bonds is 5. The third-order valence-corrected chi connectivity index (χ3v) is 2.09. The van der Waals surface area contributed by atoms with Crippen molar-refractivity contribution < 1.29 is 4.79 Å². The summed E-state index contributed by atoms with van der Waals surface area (Å²) in [6.07, 6.45) is 2.18. The Balaban J connectivity index is 2.41. The van der Waals surface area contributed by atoms with Crippen molar-refractivity contribution in [3.63, 3.8) is 0 Å². The number of nitrogens with two attached hydrogens (primary N) is 2. The lowest BCUT2D eigenvalue weighted by molar-refractivity contribution is -0.116. The number of para-hydroxylation sites is 2. The molecule has 0 aromatic heterocycles. The zero-order chi connectivity index (χ0) is 11.1. The van der Waals surface area contributed by atoms with Gasteiger partial charge >= 0.3 is 0 Å². The third kappa shape index (κ3) is 3.99. The Labute approximate surface area is 89.6 Å². The fraction of sp³-hybridized carbons (Fsp3) is 0.364. The van der Waals surface area contributed by atoms with E-state index >= 15 is 0 Å². The highest BCUT2D eigenvalue weighted by molar-refractivity contribution is 5.93. The summed E-state index contributed by atoms with van der Waals surface area (Å²) in [4.78, 5) is 11.4. The van der Waals surface area contributed by atoms with Crippen LogP contribution in [-0.2, 0) is 4.79 Å². The Bertz CT molecular complexity index is 325. The molecule has 1 amide bonds. The van der Waals surface area contributed by atoms with Crippen molar-refractivity contribution >= 4 is 17.3 Å². The number of carbonyl (C=O) groups is 1. The summed E-state index contributed by atoms with van der Waals surface area (Å²) in [5, 5.41) is 2.76. The predicted octanol–water partition coefficient (Wildman–Crippen LogP) is 1.34. The largest absolute Gasteiger partial charge is 0.397 e. The molecule has 4 nitrogen and oxygen atoms in total. The molecule has 0 aliphatic heterocycles. The number of carbonyl (C=O) groups excluding carboxylic acids is 1. The minimum Gasteiger partial charge on any atom is -0.397 e. The van der Waals surface area contributed by atoms with Crippen molar-refractivity contribution in [2.24, 2.45) is 5.73 Å². The van der Waals surface area contributed by atoms with Crippen molar-refractivity contribution in [2.45, 2.75) is 19.3 Å². The van der Waals surface area contributed by atoms with Gasteiger partial charge in [-0.05, 0) is 31.5 Å². The quantitative estimate of drug-likeness (QED) is 0.503. The summed E-state index contributed by atoms with van der Waals surface area (Å²) in [6.45, 7) is 0.626. The summed E-state index contributed by atoms with van der Waals surface area (Å²) in [6, 6.07) is 7.22. The highest BCUT2D eigenvalue weighted by Crippen LogP contribution is 2.16. The monoisotopic (exact) mass is 207 g/mol. The van der Waals surface area contributed by atoms with Gasteiger partial charge in [0.05, 0.1) is 11.4 Å². The second-order valence-corrected chi connectivity index (χ2v) is 3.38. The second-order valence-electron chi connectivity index (χ2n) is 3.38. The Kier molecular flexibility index (Phi) is 4.63. The number of nitrogens with one attached hydrogen (secondary N) is 1. The van der Waals surface area contributed by atoms with Gasteiger partial charge in [-0.3, -0.25) is 4.79 Å². The van der Waals surface area contributed by atoms with Crippen LogP contribution in [0.1, 0.15) is 19.3 Å². The van der Waals surface area contributed by atoms with Crippen LogP contribution < -0.4 is 16.8 Å². The van der Waals surface area contributed by atoms with Crippen LogP contribution in [0.2, 0.25) is 0 Å². The zero-order valence-electron chi connectivity index (χ0n) is 8.70. The van der Waals surface area contributed by atoms with E-state index in [1.54, 1.807) is 12.1 Å². The Hall–Kier alpha value is -1.55. The summed E-state index contributed by atoms with van der Waals surface area (Å²) >= 11 is 0. The molecule has 0 saturated heterocycles. The van der Waals surface area contributed by atoms with Crippen LogP contribution in [0.5, 0.6) is 0 Å². The summed E-state index contributed by atoms with van der Waals surface area (Å²) < 4.78 is 0. The van der Waals surface area contributed by atoms with Crippen LogP contribution in [0.4, 0.5) is 11.4 Å².